The molecule has 1 aliphatic rings. The molecule has 1 aromatic rings. The predicted octanol–water partition coefficient (Wildman–Crippen LogP) is 4.18. The Morgan fingerprint density at radius 2 is 1.93 bits per heavy atom. The van der Waals surface area contributed by atoms with Crippen LogP contribution < -0.4 is 0 Å². The Balaban J connectivity index is 1.92. The second kappa shape index (κ2) is 4.65. The van der Waals surface area contributed by atoms with E-state index in [1.165, 1.54) is 30.5 Å². The predicted molar refractivity (Wildman–Crippen MR) is 64.7 cm³/mol. The van der Waals surface area contributed by atoms with E-state index in [1.54, 1.807) is 0 Å². The Morgan fingerprint density at radius 1 is 1.33 bits per heavy atom. The van der Waals surface area contributed by atoms with Crippen LogP contribution in [0.4, 0.5) is 4.39 Å². The topological polar surface area (TPSA) is 0 Å². The van der Waals surface area contributed by atoms with Crippen LogP contribution in [-0.4, -0.2) is 4.83 Å². The van der Waals surface area contributed by atoms with Crippen LogP contribution in [0.3, 0.4) is 0 Å². The minimum Gasteiger partial charge on any atom is -0.207 e. The lowest BCUT2D eigenvalue weighted by Gasteiger charge is -2.17. The molecule has 1 aliphatic carbocycles. The minimum atomic E-state index is -0.153. The van der Waals surface area contributed by atoms with Gasteiger partial charge in [-0.2, -0.15) is 0 Å². The number of alkyl halides is 1. The van der Waals surface area contributed by atoms with Crippen LogP contribution in [0, 0.1) is 17.7 Å². The molecule has 0 bridgehead atoms. The summed E-state index contributed by atoms with van der Waals surface area (Å²) >= 11 is 3.75. The molecule has 0 aliphatic heterocycles. The normalized spacial score (nSPS) is 19.9. The molecule has 2 atom stereocenters. The summed E-state index contributed by atoms with van der Waals surface area (Å²) in [5.74, 6) is 1.49. The lowest BCUT2D eigenvalue weighted by molar-refractivity contribution is 0.489. The monoisotopic (exact) mass is 270 g/mol. The molecule has 0 spiro atoms. The van der Waals surface area contributed by atoms with E-state index in [9.17, 15) is 4.39 Å². The zero-order valence-corrected chi connectivity index (χ0v) is 10.5. The molecule has 0 amide bonds. The first kappa shape index (κ1) is 11.1. The van der Waals surface area contributed by atoms with Gasteiger partial charge in [0.25, 0.3) is 0 Å². The van der Waals surface area contributed by atoms with Gasteiger partial charge in [-0.15, -0.1) is 0 Å². The fraction of sp³-hybridized carbons (Fsp3) is 0.538. The molecule has 0 saturated heterocycles. The van der Waals surface area contributed by atoms with Gasteiger partial charge in [0.2, 0.25) is 0 Å². The Labute approximate surface area is 99.0 Å². The standard InChI is InChI=1S/C13H16BrF/c1-9(11-4-5-11)13(14)8-10-2-6-12(15)7-3-10/h2-3,6-7,9,11,13H,4-5,8H2,1H3. The number of benzene rings is 1. The summed E-state index contributed by atoms with van der Waals surface area (Å²) in [7, 11) is 0. The van der Waals surface area contributed by atoms with Crippen LogP contribution in [0.1, 0.15) is 25.3 Å². The van der Waals surface area contributed by atoms with E-state index in [0.29, 0.717) is 4.83 Å². The van der Waals surface area contributed by atoms with Crippen LogP contribution >= 0.6 is 15.9 Å². The largest absolute Gasteiger partial charge is 0.207 e. The smallest absolute Gasteiger partial charge is 0.123 e. The third-order valence-electron chi connectivity index (χ3n) is 3.28. The van der Waals surface area contributed by atoms with E-state index in [0.717, 1.165) is 18.3 Å². The average molecular weight is 271 g/mol. The summed E-state index contributed by atoms with van der Waals surface area (Å²) in [6.07, 6.45) is 3.76. The molecule has 0 nitrogen and oxygen atoms in total. The minimum absolute atomic E-state index is 0.153. The third kappa shape index (κ3) is 3.04. The maximum atomic E-state index is 12.7. The quantitative estimate of drug-likeness (QED) is 0.721. The molecular weight excluding hydrogens is 255 g/mol. The fourth-order valence-corrected chi connectivity index (χ4v) is 2.75. The van der Waals surface area contributed by atoms with Gasteiger partial charge in [-0.3, -0.25) is 0 Å². The first-order valence-electron chi connectivity index (χ1n) is 5.55. The van der Waals surface area contributed by atoms with Crippen LogP contribution in [0.25, 0.3) is 0 Å². The molecule has 0 N–H and O–H groups in total. The molecule has 0 aromatic heterocycles. The number of halogens is 2. The number of rotatable bonds is 4. The van der Waals surface area contributed by atoms with Gasteiger partial charge >= 0.3 is 0 Å². The Kier molecular flexibility index (Phi) is 3.45. The van der Waals surface area contributed by atoms with Gasteiger partial charge in [-0.05, 0) is 48.8 Å². The molecule has 0 heterocycles. The summed E-state index contributed by atoms with van der Waals surface area (Å²) in [6.45, 7) is 2.31. The van der Waals surface area contributed by atoms with E-state index in [4.69, 9.17) is 0 Å². The highest BCUT2D eigenvalue weighted by molar-refractivity contribution is 9.09. The summed E-state index contributed by atoms with van der Waals surface area (Å²) in [5, 5.41) is 0. The van der Waals surface area contributed by atoms with Gasteiger partial charge in [0, 0.05) is 4.83 Å². The summed E-state index contributed by atoms with van der Waals surface area (Å²) in [6, 6.07) is 6.83. The molecule has 2 unspecified atom stereocenters. The van der Waals surface area contributed by atoms with Crippen molar-refractivity contribution in [2.24, 2.45) is 11.8 Å². The zero-order valence-electron chi connectivity index (χ0n) is 8.92. The molecular formula is C13H16BrF. The lowest BCUT2D eigenvalue weighted by atomic mass is 9.97. The van der Waals surface area contributed by atoms with Gasteiger partial charge in [0.05, 0.1) is 0 Å². The first-order chi connectivity index (χ1) is 7.16. The van der Waals surface area contributed by atoms with Crippen molar-refractivity contribution in [2.75, 3.05) is 0 Å². The van der Waals surface area contributed by atoms with E-state index in [-0.39, 0.29) is 5.82 Å². The Bertz CT molecular complexity index is 316. The molecule has 82 valence electrons. The Hall–Kier alpha value is -0.370. The Morgan fingerprint density at radius 3 is 2.47 bits per heavy atom. The molecule has 15 heavy (non-hydrogen) atoms. The van der Waals surface area contributed by atoms with Gasteiger partial charge in [0.15, 0.2) is 0 Å². The lowest BCUT2D eigenvalue weighted by Crippen LogP contribution is -2.15. The first-order valence-corrected chi connectivity index (χ1v) is 6.47. The molecule has 2 heteroatoms. The highest BCUT2D eigenvalue weighted by Crippen LogP contribution is 2.40. The van der Waals surface area contributed by atoms with Crippen molar-refractivity contribution in [1.82, 2.24) is 0 Å². The van der Waals surface area contributed by atoms with Gasteiger partial charge in [0.1, 0.15) is 5.82 Å². The highest BCUT2D eigenvalue weighted by atomic mass is 79.9. The molecule has 2 rings (SSSR count). The van der Waals surface area contributed by atoms with E-state index in [1.807, 2.05) is 12.1 Å². The van der Waals surface area contributed by atoms with E-state index >= 15 is 0 Å². The van der Waals surface area contributed by atoms with Gasteiger partial charge < -0.3 is 0 Å². The SMILES string of the molecule is CC(C(Br)Cc1ccc(F)cc1)C1CC1. The molecule has 1 saturated carbocycles. The van der Waals surface area contributed by atoms with E-state index < -0.39 is 0 Å². The summed E-state index contributed by atoms with van der Waals surface area (Å²) < 4.78 is 12.7. The van der Waals surface area contributed by atoms with Gasteiger partial charge in [-0.1, -0.05) is 35.0 Å². The van der Waals surface area contributed by atoms with E-state index in [2.05, 4.69) is 22.9 Å². The molecule has 1 fully saturated rings. The molecule has 0 radical (unpaired) electrons. The second-order valence-electron chi connectivity index (χ2n) is 4.54. The third-order valence-corrected chi connectivity index (χ3v) is 4.44. The highest BCUT2D eigenvalue weighted by Gasteiger charge is 2.31. The number of hydrogen-bond acceptors (Lipinski definition) is 0. The fourth-order valence-electron chi connectivity index (χ4n) is 1.95. The molecule has 1 aromatic carbocycles. The van der Waals surface area contributed by atoms with Crippen molar-refractivity contribution in [2.45, 2.75) is 31.0 Å². The maximum Gasteiger partial charge on any atom is 0.123 e. The maximum absolute atomic E-state index is 12.7. The van der Waals surface area contributed by atoms with Crippen molar-refractivity contribution in [3.8, 4) is 0 Å². The van der Waals surface area contributed by atoms with Crippen LogP contribution in [0.15, 0.2) is 24.3 Å². The van der Waals surface area contributed by atoms with Crippen molar-refractivity contribution in [1.29, 1.82) is 0 Å². The van der Waals surface area contributed by atoms with Crippen molar-refractivity contribution in [3.05, 3.63) is 35.6 Å². The van der Waals surface area contributed by atoms with Gasteiger partial charge in [-0.25, -0.2) is 4.39 Å². The summed E-state index contributed by atoms with van der Waals surface area (Å²) in [5.41, 5.74) is 1.21. The number of hydrogen-bond donors (Lipinski definition) is 0. The second-order valence-corrected chi connectivity index (χ2v) is 5.72. The average Bonchev–Trinajstić information content (AvgIpc) is 3.04. The van der Waals surface area contributed by atoms with Crippen LogP contribution in [0.2, 0.25) is 0 Å². The zero-order chi connectivity index (χ0) is 10.8. The van der Waals surface area contributed by atoms with Crippen LogP contribution in [-0.2, 0) is 6.42 Å². The van der Waals surface area contributed by atoms with Crippen molar-refractivity contribution < 1.29 is 4.39 Å². The van der Waals surface area contributed by atoms with Crippen molar-refractivity contribution >= 4 is 15.9 Å². The van der Waals surface area contributed by atoms with Crippen LogP contribution in [0.5, 0.6) is 0 Å². The summed E-state index contributed by atoms with van der Waals surface area (Å²) in [4.78, 5) is 0.524. The van der Waals surface area contributed by atoms with Crippen molar-refractivity contribution in [3.63, 3.8) is 0 Å².